The number of hydrogen-bond acceptors (Lipinski definition) is 2. The zero-order chi connectivity index (χ0) is 20.4. The Hall–Kier alpha value is -3.46. The third-order valence-corrected chi connectivity index (χ3v) is 5.00. The molecular formula is C26H22FNO. The van der Waals surface area contributed by atoms with Crippen LogP contribution in [0.4, 0.5) is 4.39 Å². The average Bonchev–Trinajstić information content (AvgIpc) is 2.74. The van der Waals surface area contributed by atoms with Gasteiger partial charge in [-0.3, -0.25) is 4.98 Å². The molecule has 4 rings (SSSR count). The second kappa shape index (κ2) is 7.88. The molecule has 29 heavy (non-hydrogen) atoms. The molecule has 0 bridgehead atoms. The number of fused-ring (bicyclic) bond motifs is 1. The van der Waals surface area contributed by atoms with Crippen LogP contribution in [0, 0.1) is 12.7 Å². The molecule has 0 aliphatic heterocycles. The van der Waals surface area contributed by atoms with Crippen LogP contribution in [0.3, 0.4) is 0 Å². The van der Waals surface area contributed by atoms with E-state index in [9.17, 15) is 4.39 Å². The van der Waals surface area contributed by atoms with E-state index in [-0.39, 0.29) is 5.82 Å². The third-order valence-electron chi connectivity index (χ3n) is 5.00. The Kier molecular flexibility index (Phi) is 5.13. The molecule has 1 heterocycles. The van der Waals surface area contributed by atoms with Gasteiger partial charge >= 0.3 is 0 Å². The second-order valence-corrected chi connectivity index (χ2v) is 7.24. The van der Waals surface area contributed by atoms with Crippen LogP contribution >= 0.6 is 0 Å². The van der Waals surface area contributed by atoms with Crippen molar-refractivity contribution in [2.45, 2.75) is 20.5 Å². The molecule has 0 amide bonds. The number of nitrogens with zero attached hydrogens (tertiary/aromatic N) is 1. The first kappa shape index (κ1) is 18.9. The van der Waals surface area contributed by atoms with E-state index in [2.05, 4.69) is 11.6 Å². The highest BCUT2D eigenvalue weighted by molar-refractivity contribution is 6.00. The topological polar surface area (TPSA) is 22.1 Å². The van der Waals surface area contributed by atoms with Crippen molar-refractivity contribution in [1.29, 1.82) is 0 Å². The zero-order valence-electron chi connectivity index (χ0n) is 16.6. The molecule has 0 aliphatic carbocycles. The molecule has 0 fully saturated rings. The minimum atomic E-state index is -0.208. The normalized spacial score (nSPS) is 10.9. The van der Waals surface area contributed by atoms with Gasteiger partial charge in [-0.2, -0.15) is 0 Å². The molecule has 3 aromatic carbocycles. The van der Waals surface area contributed by atoms with E-state index in [1.165, 1.54) is 6.07 Å². The van der Waals surface area contributed by atoms with Crippen molar-refractivity contribution in [3.63, 3.8) is 0 Å². The van der Waals surface area contributed by atoms with Crippen LogP contribution in [0.1, 0.15) is 23.6 Å². The quantitative estimate of drug-likeness (QED) is 0.371. The molecule has 2 nitrogen and oxygen atoms in total. The van der Waals surface area contributed by atoms with E-state index in [1.807, 2.05) is 73.8 Å². The van der Waals surface area contributed by atoms with Gasteiger partial charge in [0.15, 0.2) is 0 Å². The number of hydrogen-bond donors (Lipinski definition) is 0. The van der Waals surface area contributed by atoms with E-state index < -0.39 is 0 Å². The van der Waals surface area contributed by atoms with Crippen molar-refractivity contribution < 1.29 is 9.13 Å². The fraction of sp³-hybridized carbons (Fsp3) is 0.115. The van der Waals surface area contributed by atoms with E-state index in [1.54, 1.807) is 6.92 Å². The molecule has 0 atom stereocenters. The van der Waals surface area contributed by atoms with E-state index in [4.69, 9.17) is 4.74 Å². The summed E-state index contributed by atoms with van der Waals surface area (Å²) in [6, 6.07) is 21.2. The third kappa shape index (κ3) is 3.90. The summed E-state index contributed by atoms with van der Waals surface area (Å²) in [4.78, 5) is 4.63. The maximum Gasteiger partial charge on any atom is 0.126 e. The molecule has 0 saturated heterocycles. The van der Waals surface area contributed by atoms with Crippen LogP contribution in [0.2, 0.25) is 0 Å². The lowest BCUT2D eigenvalue weighted by molar-refractivity contribution is 0.306. The largest absolute Gasteiger partial charge is 0.489 e. The van der Waals surface area contributed by atoms with Gasteiger partial charge in [0.25, 0.3) is 0 Å². The Morgan fingerprint density at radius 3 is 2.55 bits per heavy atom. The fourth-order valence-corrected chi connectivity index (χ4v) is 3.44. The Morgan fingerprint density at radius 2 is 1.83 bits per heavy atom. The SMILES string of the molecule is C=C(C)c1cnc2cc(OCc3ccccc3)ccc2c1-c1ccc(F)c(C)c1. The summed E-state index contributed by atoms with van der Waals surface area (Å²) in [7, 11) is 0. The van der Waals surface area contributed by atoms with Gasteiger partial charge in [0.05, 0.1) is 5.52 Å². The molecule has 0 unspecified atom stereocenters. The number of benzene rings is 3. The van der Waals surface area contributed by atoms with Gasteiger partial charge in [0.2, 0.25) is 0 Å². The number of allylic oxidation sites excluding steroid dienone is 1. The molecule has 4 aromatic rings. The first-order valence-electron chi connectivity index (χ1n) is 9.55. The van der Waals surface area contributed by atoms with Crippen LogP contribution in [0.5, 0.6) is 5.75 Å². The van der Waals surface area contributed by atoms with Gasteiger partial charge in [0.1, 0.15) is 18.2 Å². The summed E-state index contributed by atoms with van der Waals surface area (Å²) < 4.78 is 19.8. The Balaban J connectivity index is 1.77. The van der Waals surface area contributed by atoms with Gasteiger partial charge in [0, 0.05) is 28.8 Å². The van der Waals surface area contributed by atoms with Crippen molar-refractivity contribution in [3.8, 4) is 16.9 Å². The number of aromatic nitrogens is 1. The molecule has 0 radical (unpaired) electrons. The van der Waals surface area contributed by atoms with Crippen LogP contribution < -0.4 is 4.74 Å². The highest BCUT2D eigenvalue weighted by atomic mass is 19.1. The molecule has 0 saturated carbocycles. The summed E-state index contributed by atoms with van der Waals surface area (Å²) >= 11 is 0. The number of ether oxygens (including phenoxy) is 1. The monoisotopic (exact) mass is 383 g/mol. The molecule has 1 aromatic heterocycles. The van der Waals surface area contributed by atoms with Crippen LogP contribution in [-0.4, -0.2) is 4.98 Å². The number of halogens is 1. The molecule has 0 spiro atoms. The average molecular weight is 383 g/mol. The van der Waals surface area contributed by atoms with Crippen LogP contribution in [-0.2, 0) is 6.61 Å². The summed E-state index contributed by atoms with van der Waals surface area (Å²) in [5.41, 5.74) is 6.40. The highest BCUT2D eigenvalue weighted by Gasteiger charge is 2.14. The second-order valence-electron chi connectivity index (χ2n) is 7.24. The minimum Gasteiger partial charge on any atom is -0.489 e. The van der Waals surface area contributed by atoms with Crippen molar-refractivity contribution in [2.24, 2.45) is 0 Å². The minimum absolute atomic E-state index is 0.208. The van der Waals surface area contributed by atoms with Gasteiger partial charge in [-0.05, 0) is 60.4 Å². The Morgan fingerprint density at radius 1 is 1.03 bits per heavy atom. The van der Waals surface area contributed by atoms with Gasteiger partial charge in [-0.15, -0.1) is 0 Å². The van der Waals surface area contributed by atoms with Crippen molar-refractivity contribution >= 4 is 16.5 Å². The van der Waals surface area contributed by atoms with Crippen molar-refractivity contribution in [3.05, 3.63) is 102 Å². The summed E-state index contributed by atoms with van der Waals surface area (Å²) in [6.07, 6.45) is 1.83. The lowest BCUT2D eigenvalue weighted by atomic mass is 9.92. The van der Waals surface area contributed by atoms with Gasteiger partial charge < -0.3 is 4.74 Å². The van der Waals surface area contributed by atoms with E-state index in [0.717, 1.165) is 44.5 Å². The number of pyridine rings is 1. The molecule has 0 aliphatic rings. The standard InChI is InChI=1S/C26H22FNO/c1-17(2)23-15-28-25-14-21(29-16-19-7-5-4-6-8-19)10-11-22(25)26(23)20-9-12-24(27)18(3)13-20/h4-15H,1,16H2,2-3H3. The van der Waals surface area contributed by atoms with Crippen molar-refractivity contribution in [1.82, 2.24) is 4.98 Å². The Labute approximate surface area is 170 Å². The van der Waals surface area contributed by atoms with Crippen molar-refractivity contribution in [2.75, 3.05) is 0 Å². The van der Waals surface area contributed by atoms with E-state index >= 15 is 0 Å². The van der Waals surface area contributed by atoms with Gasteiger partial charge in [-0.1, -0.05) is 43.0 Å². The molecular weight excluding hydrogens is 361 g/mol. The predicted molar refractivity (Wildman–Crippen MR) is 117 cm³/mol. The fourth-order valence-electron chi connectivity index (χ4n) is 3.44. The zero-order valence-corrected chi connectivity index (χ0v) is 16.6. The first-order valence-corrected chi connectivity index (χ1v) is 9.55. The van der Waals surface area contributed by atoms with Crippen LogP contribution in [0.15, 0.2) is 79.5 Å². The lowest BCUT2D eigenvalue weighted by Gasteiger charge is -2.15. The van der Waals surface area contributed by atoms with Gasteiger partial charge in [-0.25, -0.2) is 4.39 Å². The summed E-state index contributed by atoms with van der Waals surface area (Å²) in [5, 5.41) is 0.989. The maximum atomic E-state index is 13.8. The maximum absolute atomic E-state index is 13.8. The van der Waals surface area contributed by atoms with Crippen LogP contribution in [0.25, 0.3) is 27.6 Å². The van der Waals surface area contributed by atoms with E-state index in [0.29, 0.717) is 12.2 Å². The summed E-state index contributed by atoms with van der Waals surface area (Å²) in [6.45, 7) is 8.33. The molecule has 0 N–H and O–H groups in total. The molecule has 144 valence electrons. The Bertz CT molecular complexity index is 1200. The number of aryl methyl sites for hydroxylation is 1. The number of rotatable bonds is 5. The molecule has 3 heteroatoms. The highest BCUT2D eigenvalue weighted by Crippen LogP contribution is 2.36. The first-order chi connectivity index (χ1) is 14.0. The smallest absolute Gasteiger partial charge is 0.126 e. The summed E-state index contributed by atoms with van der Waals surface area (Å²) in [5.74, 6) is 0.554. The predicted octanol–water partition coefficient (Wildman–Crippen LogP) is 6.96. The lowest BCUT2D eigenvalue weighted by Crippen LogP contribution is -1.97.